The minimum absolute atomic E-state index is 0.204. The Balaban J connectivity index is 1.54. The Bertz CT molecular complexity index is 1510. The molecule has 1 N–H and O–H groups in total. The number of hydrogen-bond acceptors (Lipinski definition) is 3. The highest BCUT2D eigenvalue weighted by molar-refractivity contribution is 8.18. The van der Waals surface area contributed by atoms with Crippen molar-refractivity contribution in [2.75, 3.05) is 0 Å². The molecule has 0 unspecified atom stereocenters. The van der Waals surface area contributed by atoms with Crippen LogP contribution in [0.4, 0.5) is 5.69 Å². The zero-order chi connectivity index (χ0) is 23.8. The summed E-state index contributed by atoms with van der Waals surface area (Å²) in [5, 5.41) is 5.83. The summed E-state index contributed by atoms with van der Waals surface area (Å²) in [6.07, 6.45) is 1.92. The SMILES string of the molecule is Cc1c(/C=C2/SC(=Nc3cccc(Cl)c3Cl)NC2=O)c2ccccc2n1Cc1ccccc1Cl. The lowest BCUT2D eigenvalue weighted by Gasteiger charge is -2.10. The van der Waals surface area contributed by atoms with Crippen molar-refractivity contribution in [2.45, 2.75) is 13.5 Å². The summed E-state index contributed by atoms with van der Waals surface area (Å²) in [7, 11) is 0. The van der Waals surface area contributed by atoms with E-state index in [4.69, 9.17) is 34.8 Å². The minimum atomic E-state index is -0.204. The second-order valence-corrected chi connectivity index (χ2v) is 9.97. The van der Waals surface area contributed by atoms with Gasteiger partial charge in [0.15, 0.2) is 5.17 Å². The second-order valence-electron chi connectivity index (χ2n) is 7.75. The first-order chi connectivity index (χ1) is 16.4. The number of para-hydroxylation sites is 1. The standard InChI is InChI=1S/C26H18Cl3N3OS/c1-15-18(13-23-25(33)31-26(34-23)30-21-11-6-10-20(28)24(21)29)17-8-3-5-12-22(17)32(15)14-16-7-2-4-9-19(16)27/h2-13H,14H2,1H3,(H,30,31,33)/b23-13+. The molecule has 4 nitrogen and oxygen atoms in total. The number of fused-ring (bicyclic) bond motifs is 1. The Kier molecular flexibility index (Phi) is 6.45. The van der Waals surface area contributed by atoms with Crippen LogP contribution in [0.1, 0.15) is 16.8 Å². The van der Waals surface area contributed by atoms with E-state index in [1.165, 1.54) is 11.8 Å². The first-order valence-corrected chi connectivity index (χ1v) is 12.4. The van der Waals surface area contributed by atoms with Crippen LogP contribution in [0.5, 0.6) is 0 Å². The second kappa shape index (κ2) is 9.51. The van der Waals surface area contributed by atoms with E-state index in [1.54, 1.807) is 18.2 Å². The molecule has 2 heterocycles. The fraction of sp³-hybridized carbons (Fsp3) is 0.0769. The van der Waals surface area contributed by atoms with Gasteiger partial charge in [-0.25, -0.2) is 4.99 Å². The average molecular weight is 527 g/mol. The summed E-state index contributed by atoms with van der Waals surface area (Å²) >= 11 is 20.0. The van der Waals surface area contributed by atoms with Crippen LogP contribution in [0.25, 0.3) is 17.0 Å². The highest BCUT2D eigenvalue weighted by Gasteiger charge is 2.25. The van der Waals surface area contributed by atoms with Crippen LogP contribution in [0.15, 0.2) is 76.6 Å². The fourth-order valence-electron chi connectivity index (χ4n) is 3.94. The monoisotopic (exact) mass is 525 g/mol. The number of amidine groups is 1. The predicted molar refractivity (Wildman–Crippen MR) is 144 cm³/mol. The van der Waals surface area contributed by atoms with E-state index in [0.29, 0.717) is 32.4 Å². The lowest BCUT2D eigenvalue weighted by atomic mass is 10.1. The first kappa shape index (κ1) is 23.1. The van der Waals surface area contributed by atoms with Crippen LogP contribution in [0.2, 0.25) is 15.1 Å². The lowest BCUT2D eigenvalue weighted by Crippen LogP contribution is -2.19. The zero-order valence-electron chi connectivity index (χ0n) is 18.0. The molecule has 1 aliphatic heterocycles. The molecule has 0 bridgehead atoms. The number of carbonyl (C=O) groups excluding carboxylic acids is 1. The zero-order valence-corrected chi connectivity index (χ0v) is 21.1. The number of aromatic nitrogens is 1. The van der Waals surface area contributed by atoms with Crippen molar-refractivity contribution in [3.8, 4) is 0 Å². The van der Waals surface area contributed by atoms with Crippen LogP contribution >= 0.6 is 46.6 Å². The maximum atomic E-state index is 12.8. The van der Waals surface area contributed by atoms with Crippen molar-refractivity contribution in [1.82, 2.24) is 9.88 Å². The maximum Gasteiger partial charge on any atom is 0.264 e. The fourth-order valence-corrected chi connectivity index (χ4v) is 5.29. The number of carbonyl (C=O) groups is 1. The Morgan fingerprint density at radius 1 is 0.971 bits per heavy atom. The molecule has 4 aromatic rings. The number of thioether (sulfide) groups is 1. The Hall–Kier alpha value is -2.70. The van der Waals surface area contributed by atoms with E-state index >= 15 is 0 Å². The molecule has 0 aliphatic carbocycles. The molecule has 0 radical (unpaired) electrons. The maximum absolute atomic E-state index is 12.8. The molecule has 34 heavy (non-hydrogen) atoms. The topological polar surface area (TPSA) is 46.4 Å². The molecule has 0 spiro atoms. The largest absolute Gasteiger partial charge is 0.340 e. The Labute approximate surface area is 216 Å². The quantitative estimate of drug-likeness (QED) is 0.275. The van der Waals surface area contributed by atoms with Gasteiger partial charge in [-0.1, -0.05) is 77.3 Å². The number of rotatable bonds is 4. The van der Waals surface area contributed by atoms with Gasteiger partial charge in [0.1, 0.15) is 0 Å². The molecular formula is C26H18Cl3N3OS. The average Bonchev–Trinajstić information content (AvgIpc) is 3.30. The molecular weight excluding hydrogens is 509 g/mol. The van der Waals surface area contributed by atoms with Crippen LogP contribution in [0, 0.1) is 6.92 Å². The van der Waals surface area contributed by atoms with Crippen LogP contribution in [-0.4, -0.2) is 15.6 Å². The number of aliphatic imine (C=N–C) groups is 1. The van der Waals surface area contributed by atoms with Crippen molar-refractivity contribution in [2.24, 2.45) is 4.99 Å². The van der Waals surface area contributed by atoms with E-state index in [1.807, 2.05) is 42.5 Å². The predicted octanol–water partition coefficient (Wildman–Crippen LogP) is 7.85. The number of nitrogens with one attached hydrogen (secondary N) is 1. The molecule has 1 saturated heterocycles. The molecule has 0 atom stereocenters. The molecule has 8 heteroatoms. The molecule has 1 aliphatic rings. The number of benzene rings is 3. The Morgan fingerprint density at radius 2 is 1.71 bits per heavy atom. The highest BCUT2D eigenvalue weighted by atomic mass is 35.5. The van der Waals surface area contributed by atoms with Gasteiger partial charge in [0.25, 0.3) is 5.91 Å². The van der Waals surface area contributed by atoms with Gasteiger partial charge in [-0.05, 0) is 54.6 Å². The van der Waals surface area contributed by atoms with E-state index in [-0.39, 0.29) is 5.91 Å². The van der Waals surface area contributed by atoms with Crippen LogP contribution < -0.4 is 5.32 Å². The van der Waals surface area contributed by atoms with E-state index in [2.05, 4.69) is 33.9 Å². The summed E-state index contributed by atoms with van der Waals surface area (Å²) in [6, 6.07) is 21.2. The van der Waals surface area contributed by atoms with Crippen molar-refractivity contribution in [1.29, 1.82) is 0 Å². The highest BCUT2D eigenvalue weighted by Crippen LogP contribution is 2.36. The van der Waals surface area contributed by atoms with Crippen LogP contribution in [0.3, 0.4) is 0 Å². The lowest BCUT2D eigenvalue weighted by molar-refractivity contribution is -0.115. The van der Waals surface area contributed by atoms with Gasteiger partial charge < -0.3 is 9.88 Å². The third-order valence-electron chi connectivity index (χ3n) is 5.65. The molecule has 1 fully saturated rings. The third kappa shape index (κ3) is 4.37. The molecule has 3 aromatic carbocycles. The molecule has 1 amide bonds. The van der Waals surface area contributed by atoms with Gasteiger partial charge in [-0.2, -0.15) is 0 Å². The number of amides is 1. The van der Waals surface area contributed by atoms with Crippen molar-refractivity contribution in [3.05, 3.63) is 104 Å². The van der Waals surface area contributed by atoms with Crippen molar-refractivity contribution < 1.29 is 4.79 Å². The van der Waals surface area contributed by atoms with Crippen molar-refractivity contribution in [3.63, 3.8) is 0 Å². The number of hydrogen-bond donors (Lipinski definition) is 1. The van der Waals surface area contributed by atoms with E-state index in [9.17, 15) is 4.79 Å². The van der Waals surface area contributed by atoms with E-state index in [0.717, 1.165) is 32.7 Å². The summed E-state index contributed by atoms with van der Waals surface area (Å²) in [6.45, 7) is 2.69. The first-order valence-electron chi connectivity index (χ1n) is 10.5. The van der Waals surface area contributed by atoms with Gasteiger partial charge in [-0.15, -0.1) is 0 Å². The van der Waals surface area contributed by atoms with Gasteiger partial charge in [0.2, 0.25) is 0 Å². The van der Waals surface area contributed by atoms with Crippen molar-refractivity contribution >= 4 is 80.3 Å². The summed E-state index contributed by atoms with van der Waals surface area (Å²) in [5.74, 6) is -0.204. The molecule has 1 aromatic heterocycles. The summed E-state index contributed by atoms with van der Waals surface area (Å²) in [4.78, 5) is 17.8. The molecule has 5 rings (SSSR count). The van der Waals surface area contributed by atoms with Gasteiger partial charge in [0, 0.05) is 33.7 Å². The number of halogens is 3. The van der Waals surface area contributed by atoms with Crippen LogP contribution in [-0.2, 0) is 11.3 Å². The Morgan fingerprint density at radius 3 is 2.53 bits per heavy atom. The normalized spacial score (nSPS) is 16.1. The van der Waals surface area contributed by atoms with Gasteiger partial charge in [0.05, 0.1) is 20.6 Å². The molecule has 0 saturated carbocycles. The summed E-state index contributed by atoms with van der Waals surface area (Å²) in [5.41, 5.74) is 4.65. The number of nitrogens with zero attached hydrogens (tertiary/aromatic N) is 2. The smallest absolute Gasteiger partial charge is 0.264 e. The van der Waals surface area contributed by atoms with E-state index < -0.39 is 0 Å². The minimum Gasteiger partial charge on any atom is -0.340 e. The summed E-state index contributed by atoms with van der Waals surface area (Å²) < 4.78 is 2.22. The van der Waals surface area contributed by atoms with Gasteiger partial charge >= 0.3 is 0 Å². The molecule has 170 valence electrons. The van der Waals surface area contributed by atoms with Gasteiger partial charge in [-0.3, -0.25) is 4.79 Å². The third-order valence-corrected chi connectivity index (χ3v) is 7.73.